The van der Waals surface area contributed by atoms with E-state index in [0.717, 1.165) is 12.8 Å². The van der Waals surface area contributed by atoms with Crippen molar-refractivity contribution in [3.05, 3.63) is 11.6 Å². The Morgan fingerprint density at radius 2 is 2.09 bits per heavy atom. The van der Waals surface area contributed by atoms with Gasteiger partial charge in [-0.15, -0.1) is 11.3 Å². The summed E-state index contributed by atoms with van der Waals surface area (Å²) in [6.45, 7) is 4.47. The molecule has 1 heterocycles. The van der Waals surface area contributed by atoms with E-state index in [1.54, 1.807) is 18.5 Å². The first-order valence-electron chi connectivity index (χ1n) is 7.69. The van der Waals surface area contributed by atoms with Gasteiger partial charge in [-0.3, -0.25) is 14.4 Å². The number of nitrogens with one attached hydrogen (secondary N) is 1. The predicted molar refractivity (Wildman–Crippen MR) is 88.1 cm³/mol. The number of nitrogens with zero attached hydrogens (tertiary/aromatic N) is 2. The van der Waals surface area contributed by atoms with E-state index in [2.05, 4.69) is 10.3 Å². The second-order valence-corrected chi connectivity index (χ2v) is 5.75. The molecule has 7 nitrogen and oxygen atoms in total. The number of hydrogen-bond acceptors (Lipinski definition) is 6. The van der Waals surface area contributed by atoms with Crippen molar-refractivity contribution in [2.75, 3.05) is 25.0 Å². The Bertz CT molecular complexity index is 505. The van der Waals surface area contributed by atoms with Crippen LogP contribution >= 0.6 is 11.3 Å². The van der Waals surface area contributed by atoms with Crippen molar-refractivity contribution < 1.29 is 19.1 Å². The molecule has 8 heteroatoms. The summed E-state index contributed by atoms with van der Waals surface area (Å²) in [6, 6.07) is 0. The molecule has 1 aromatic rings. The van der Waals surface area contributed by atoms with Crippen LogP contribution in [0.1, 0.15) is 39.5 Å². The highest BCUT2D eigenvalue weighted by Gasteiger charge is 2.18. The van der Waals surface area contributed by atoms with Gasteiger partial charge < -0.3 is 15.0 Å². The molecule has 0 aromatic carbocycles. The van der Waals surface area contributed by atoms with Crippen LogP contribution < -0.4 is 5.32 Å². The Hall–Kier alpha value is -1.96. The quantitative estimate of drug-likeness (QED) is 0.658. The van der Waals surface area contributed by atoms with Gasteiger partial charge in [0.15, 0.2) is 5.13 Å². The lowest BCUT2D eigenvalue weighted by Crippen LogP contribution is -2.38. The van der Waals surface area contributed by atoms with Gasteiger partial charge in [0.2, 0.25) is 11.8 Å². The molecular formula is C15H23N3O4S. The van der Waals surface area contributed by atoms with Crippen LogP contribution in [0.25, 0.3) is 0 Å². The average molecular weight is 341 g/mol. The van der Waals surface area contributed by atoms with Crippen LogP contribution in [-0.4, -0.2) is 47.4 Å². The standard InChI is InChI=1S/C15H23N3O4S/c1-3-5-9-18(13(20)6-7-14(21)22-4-2)11-12(19)17-15-16-8-10-23-15/h8,10H,3-7,9,11H2,1-2H3,(H,16,17,19). The third-order valence-corrected chi connectivity index (χ3v) is 3.68. The molecule has 23 heavy (non-hydrogen) atoms. The molecule has 0 saturated heterocycles. The molecule has 0 aliphatic heterocycles. The molecule has 128 valence electrons. The van der Waals surface area contributed by atoms with Gasteiger partial charge in [0.25, 0.3) is 0 Å². The number of rotatable bonds is 10. The summed E-state index contributed by atoms with van der Waals surface area (Å²) in [5.41, 5.74) is 0. The summed E-state index contributed by atoms with van der Waals surface area (Å²) < 4.78 is 4.81. The van der Waals surface area contributed by atoms with Crippen molar-refractivity contribution in [1.29, 1.82) is 0 Å². The summed E-state index contributed by atoms with van der Waals surface area (Å²) in [5, 5.41) is 4.91. The first-order chi connectivity index (χ1) is 11.1. The van der Waals surface area contributed by atoms with E-state index in [9.17, 15) is 14.4 Å². The highest BCUT2D eigenvalue weighted by Crippen LogP contribution is 2.10. The minimum atomic E-state index is -0.400. The van der Waals surface area contributed by atoms with E-state index in [0.29, 0.717) is 18.3 Å². The van der Waals surface area contributed by atoms with Crippen LogP contribution in [0, 0.1) is 0 Å². The zero-order chi connectivity index (χ0) is 17.1. The molecule has 0 fully saturated rings. The highest BCUT2D eigenvalue weighted by molar-refractivity contribution is 7.13. The van der Waals surface area contributed by atoms with E-state index in [4.69, 9.17) is 4.74 Å². The van der Waals surface area contributed by atoms with Gasteiger partial charge in [-0.25, -0.2) is 4.98 Å². The number of anilines is 1. The molecule has 1 N–H and O–H groups in total. The van der Waals surface area contributed by atoms with Crippen molar-refractivity contribution in [3.8, 4) is 0 Å². The van der Waals surface area contributed by atoms with E-state index >= 15 is 0 Å². The molecule has 0 radical (unpaired) electrons. The second kappa shape index (κ2) is 10.7. The zero-order valence-corrected chi connectivity index (χ0v) is 14.4. The molecule has 1 aromatic heterocycles. The fourth-order valence-corrected chi connectivity index (χ4v) is 2.40. The number of thiazole rings is 1. The lowest BCUT2D eigenvalue weighted by atomic mass is 10.2. The summed E-state index contributed by atoms with van der Waals surface area (Å²) in [5.74, 6) is -0.912. The third kappa shape index (κ3) is 7.73. The molecule has 0 saturated carbocycles. The Kier molecular flexibility index (Phi) is 8.89. The van der Waals surface area contributed by atoms with Gasteiger partial charge in [-0.1, -0.05) is 13.3 Å². The molecule has 0 aliphatic carbocycles. The molecule has 2 amide bonds. The molecule has 0 bridgehead atoms. The zero-order valence-electron chi connectivity index (χ0n) is 13.5. The predicted octanol–water partition coefficient (Wildman–Crippen LogP) is 2.05. The van der Waals surface area contributed by atoms with Gasteiger partial charge >= 0.3 is 5.97 Å². The Morgan fingerprint density at radius 1 is 1.30 bits per heavy atom. The third-order valence-electron chi connectivity index (χ3n) is 3.00. The number of esters is 1. The van der Waals surface area contributed by atoms with Gasteiger partial charge in [-0.2, -0.15) is 0 Å². The van der Waals surface area contributed by atoms with Gasteiger partial charge in [-0.05, 0) is 13.3 Å². The van der Waals surface area contributed by atoms with Crippen LogP contribution in [0.2, 0.25) is 0 Å². The van der Waals surface area contributed by atoms with Crippen molar-refractivity contribution >= 4 is 34.3 Å². The van der Waals surface area contributed by atoms with Crippen molar-refractivity contribution in [3.63, 3.8) is 0 Å². The Morgan fingerprint density at radius 3 is 2.70 bits per heavy atom. The molecule has 0 atom stereocenters. The number of aromatic nitrogens is 1. The van der Waals surface area contributed by atoms with Crippen LogP contribution in [0.4, 0.5) is 5.13 Å². The monoisotopic (exact) mass is 341 g/mol. The second-order valence-electron chi connectivity index (χ2n) is 4.86. The number of amides is 2. The average Bonchev–Trinajstić information content (AvgIpc) is 3.02. The lowest BCUT2D eigenvalue weighted by molar-refractivity contribution is -0.145. The van der Waals surface area contributed by atoms with Gasteiger partial charge in [0, 0.05) is 24.5 Å². The minimum Gasteiger partial charge on any atom is -0.466 e. The van der Waals surface area contributed by atoms with Crippen molar-refractivity contribution in [1.82, 2.24) is 9.88 Å². The fraction of sp³-hybridized carbons (Fsp3) is 0.600. The Balaban J connectivity index is 2.51. The number of carbonyl (C=O) groups excluding carboxylic acids is 3. The summed E-state index contributed by atoms with van der Waals surface area (Å²) in [4.78, 5) is 41.0. The van der Waals surface area contributed by atoms with E-state index in [1.165, 1.54) is 16.2 Å². The number of unbranched alkanes of at least 4 members (excludes halogenated alkanes) is 1. The van der Waals surface area contributed by atoms with Crippen LogP contribution in [-0.2, 0) is 19.1 Å². The van der Waals surface area contributed by atoms with Crippen LogP contribution in [0.3, 0.4) is 0 Å². The maximum atomic E-state index is 12.2. The molecule has 0 aliphatic rings. The summed E-state index contributed by atoms with van der Waals surface area (Å²) >= 11 is 1.32. The lowest BCUT2D eigenvalue weighted by Gasteiger charge is -2.21. The maximum Gasteiger partial charge on any atom is 0.306 e. The molecule has 1 rings (SSSR count). The first-order valence-corrected chi connectivity index (χ1v) is 8.57. The maximum absolute atomic E-state index is 12.2. The molecule has 0 unspecified atom stereocenters. The fourth-order valence-electron chi connectivity index (χ4n) is 1.86. The molecule has 0 spiro atoms. The SMILES string of the molecule is CCCCN(CC(=O)Nc1nccs1)C(=O)CCC(=O)OCC. The normalized spacial score (nSPS) is 10.2. The van der Waals surface area contributed by atoms with Crippen molar-refractivity contribution in [2.45, 2.75) is 39.5 Å². The summed E-state index contributed by atoms with van der Waals surface area (Å²) in [7, 11) is 0. The summed E-state index contributed by atoms with van der Waals surface area (Å²) in [6.07, 6.45) is 3.39. The van der Waals surface area contributed by atoms with E-state index in [-0.39, 0.29) is 31.2 Å². The smallest absolute Gasteiger partial charge is 0.306 e. The topological polar surface area (TPSA) is 88.6 Å². The largest absolute Gasteiger partial charge is 0.466 e. The minimum absolute atomic E-state index is 0.0311. The van der Waals surface area contributed by atoms with Crippen LogP contribution in [0.5, 0.6) is 0 Å². The van der Waals surface area contributed by atoms with E-state index in [1.807, 2.05) is 6.92 Å². The van der Waals surface area contributed by atoms with Crippen molar-refractivity contribution in [2.24, 2.45) is 0 Å². The highest BCUT2D eigenvalue weighted by atomic mass is 32.1. The number of carbonyl (C=O) groups is 3. The van der Waals surface area contributed by atoms with Gasteiger partial charge in [0.05, 0.1) is 19.6 Å². The van der Waals surface area contributed by atoms with Crippen LogP contribution in [0.15, 0.2) is 11.6 Å². The molecular weight excluding hydrogens is 318 g/mol. The number of hydrogen-bond donors (Lipinski definition) is 1. The Labute approximate surface area is 140 Å². The van der Waals surface area contributed by atoms with Gasteiger partial charge in [0.1, 0.15) is 0 Å². The van der Waals surface area contributed by atoms with E-state index < -0.39 is 5.97 Å². The first kappa shape index (κ1) is 19.1. The number of ether oxygens (including phenoxy) is 1.